The Hall–Kier alpha value is -5.80. The van der Waals surface area contributed by atoms with Crippen LogP contribution in [0.25, 0.3) is 22.3 Å². The number of hydrogen-bond acceptors (Lipinski definition) is 2. The van der Waals surface area contributed by atoms with Gasteiger partial charge in [0, 0.05) is 34.0 Å². The first kappa shape index (κ1) is 46.0. The van der Waals surface area contributed by atoms with Crippen LogP contribution in [0.2, 0.25) is 0 Å². The number of fused-ring (bicyclic) bond motifs is 5. The van der Waals surface area contributed by atoms with Crippen molar-refractivity contribution in [2.75, 3.05) is 9.80 Å². The molecule has 10 rings (SSSR count). The van der Waals surface area contributed by atoms with Crippen molar-refractivity contribution in [3.8, 4) is 22.3 Å². The molecule has 7 aromatic carbocycles. The fraction of sp³-hybridized carbons (Fsp3) is 0.354. The standard InChI is InChI=1S/C65H73BN2/c1-41(2)45-35-58-60-59(36-45)68(55-31-27-47(62(6,7)8)37-50(55)44-23-21-43(22-24-44)42-19-17-16-18-20-42)57-40-52-51(64(12,13)33-34-65(52,14)15)39-54(57)66(60)53-38-48(63(9,10)11)28-32-56(53)67(58)49-29-25-46(26-30-49)61(3,4)5/h16-32,35-41H,33-34H2,1-15H3. The average Bonchev–Trinajstić information content (AvgIpc) is 3.29. The highest BCUT2D eigenvalue weighted by Gasteiger charge is 2.47. The highest BCUT2D eigenvalue weighted by atomic mass is 15.2. The Labute approximate surface area is 409 Å². The molecule has 68 heavy (non-hydrogen) atoms. The van der Waals surface area contributed by atoms with E-state index in [-0.39, 0.29) is 33.8 Å². The summed E-state index contributed by atoms with van der Waals surface area (Å²) in [6.45, 7) is 35.7. The maximum Gasteiger partial charge on any atom is 0.252 e. The van der Waals surface area contributed by atoms with Crippen LogP contribution in [0.4, 0.5) is 34.1 Å². The summed E-state index contributed by atoms with van der Waals surface area (Å²) in [7, 11) is 0. The van der Waals surface area contributed by atoms with Crippen LogP contribution in [-0.2, 0) is 27.1 Å². The summed E-state index contributed by atoms with van der Waals surface area (Å²) in [4.78, 5) is 5.32. The Bertz CT molecular complexity index is 3070. The second-order valence-electron chi connectivity index (χ2n) is 25.2. The molecule has 0 aromatic heterocycles. The zero-order valence-corrected chi connectivity index (χ0v) is 43.7. The van der Waals surface area contributed by atoms with Gasteiger partial charge in [-0.1, -0.05) is 195 Å². The minimum absolute atomic E-state index is 0.0238. The third kappa shape index (κ3) is 7.73. The molecule has 7 aromatic rings. The van der Waals surface area contributed by atoms with Crippen LogP contribution in [0.15, 0.2) is 140 Å². The number of rotatable bonds is 5. The molecule has 3 aliphatic rings. The van der Waals surface area contributed by atoms with E-state index in [1.165, 1.54) is 113 Å². The highest BCUT2D eigenvalue weighted by molar-refractivity contribution is 7.00. The van der Waals surface area contributed by atoms with E-state index in [2.05, 4.69) is 253 Å². The van der Waals surface area contributed by atoms with Gasteiger partial charge < -0.3 is 9.80 Å². The summed E-state index contributed by atoms with van der Waals surface area (Å²) in [5.41, 5.74) is 25.1. The highest BCUT2D eigenvalue weighted by Crippen LogP contribution is 2.52. The molecule has 2 aliphatic heterocycles. The van der Waals surface area contributed by atoms with E-state index >= 15 is 0 Å². The van der Waals surface area contributed by atoms with E-state index in [1.54, 1.807) is 0 Å². The predicted octanol–water partition coefficient (Wildman–Crippen LogP) is 16.5. The number of hydrogen-bond donors (Lipinski definition) is 0. The van der Waals surface area contributed by atoms with Crippen LogP contribution in [0.5, 0.6) is 0 Å². The summed E-state index contributed by atoms with van der Waals surface area (Å²) >= 11 is 0. The second-order valence-corrected chi connectivity index (χ2v) is 25.2. The fourth-order valence-electron chi connectivity index (χ4n) is 11.4. The van der Waals surface area contributed by atoms with Crippen LogP contribution < -0.4 is 26.2 Å². The molecule has 0 radical (unpaired) electrons. The van der Waals surface area contributed by atoms with Crippen molar-refractivity contribution in [3.05, 3.63) is 173 Å². The Morgan fingerprint density at radius 1 is 0.441 bits per heavy atom. The SMILES string of the molecule is CC(C)c1cc2c3c(c1)N(c1ccc(C(C)(C)C)cc1-c1ccc(-c4ccccc4)cc1)c1cc4c(cc1B3c1cc(C(C)(C)C)ccc1N2c1ccc(C(C)(C)C)cc1)C(C)(C)CCC4(C)C. The molecule has 0 amide bonds. The van der Waals surface area contributed by atoms with Gasteiger partial charge in [-0.15, -0.1) is 0 Å². The maximum atomic E-state index is 2.71. The van der Waals surface area contributed by atoms with E-state index in [9.17, 15) is 0 Å². The largest absolute Gasteiger partial charge is 0.311 e. The van der Waals surface area contributed by atoms with Gasteiger partial charge in [0.1, 0.15) is 0 Å². The van der Waals surface area contributed by atoms with Crippen LogP contribution in [0.3, 0.4) is 0 Å². The zero-order valence-electron chi connectivity index (χ0n) is 43.7. The lowest BCUT2D eigenvalue weighted by Gasteiger charge is -2.48. The molecule has 3 heteroatoms. The molecule has 0 saturated heterocycles. The molecule has 0 bridgehead atoms. The monoisotopic (exact) mass is 893 g/mol. The van der Waals surface area contributed by atoms with Gasteiger partial charge >= 0.3 is 0 Å². The first-order valence-electron chi connectivity index (χ1n) is 25.4. The van der Waals surface area contributed by atoms with Crippen molar-refractivity contribution in [3.63, 3.8) is 0 Å². The predicted molar refractivity (Wildman–Crippen MR) is 297 cm³/mol. The topological polar surface area (TPSA) is 6.48 Å². The van der Waals surface area contributed by atoms with Gasteiger partial charge in [0.2, 0.25) is 0 Å². The Morgan fingerprint density at radius 3 is 1.50 bits per heavy atom. The van der Waals surface area contributed by atoms with E-state index < -0.39 is 0 Å². The normalized spacial score (nSPS) is 16.0. The molecule has 2 heterocycles. The lowest BCUT2D eigenvalue weighted by Crippen LogP contribution is -2.62. The van der Waals surface area contributed by atoms with E-state index in [4.69, 9.17) is 0 Å². The second kappa shape index (κ2) is 15.9. The van der Waals surface area contributed by atoms with Gasteiger partial charge in [0.15, 0.2) is 0 Å². The minimum atomic E-state index is -0.0366. The lowest BCUT2D eigenvalue weighted by molar-refractivity contribution is 0.332. The van der Waals surface area contributed by atoms with Gasteiger partial charge in [0.25, 0.3) is 6.71 Å². The van der Waals surface area contributed by atoms with Gasteiger partial charge in [-0.25, -0.2) is 0 Å². The van der Waals surface area contributed by atoms with Crippen LogP contribution >= 0.6 is 0 Å². The Kier molecular flexibility index (Phi) is 10.7. The Morgan fingerprint density at radius 2 is 0.926 bits per heavy atom. The molecule has 346 valence electrons. The smallest absolute Gasteiger partial charge is 0.252 e. The van der Waals surface area contributed by atoms with Crippen molar-refractivity contribution in [1.82, 2.24) is 0 Å². The third-order valence-electron chi connectivity index (χ3n) is 16.0. The fourth-order valence-corrected chi connectivity index (χ4v) is 11.4. The quantitative estimate of drug-likeness (QED) is 0.159. The van der Waals surface area contributed by atoms with Crippen LogP contribution in [-0.4, -0.2) is 6.71 Å². The van der Waals surface area contributed by atoms with E-state index in [1.807, 2.05) is 0 Å². The summed E-state index contributed by atoms with van der Waals surface area (Å²) in [5.74, 6) is 0.310. The van der Waals surface area contributed by atoms with Gasteiger partial charge in [0.05, 0.1) is 5.69 Å². The molecule has 0 spiro atoms. The zero-order chi connectivity index (χ0) is 48.5. The van der Waals surface area contributed by atoms with Crippen molar-refractivity contribution in [2.45, 2.75) is 150 Å². The van der Waals surface area contributed by atoms with Gasteiger partial charge in [-0.3, -0.25) is 0 Å². The van der Waals surface area contributed by atoms with Crippen molar-refractivity contribution in [2.24, 2.45) is 0 Å². The van der Waals surface area contributed by atoms with E-state index in [0.29, 0.717) is 5.92 Å². The third-order valence-corrected chi connectivity index (χ3v) is 16.0. The molecule has 2 nitrogen and oxygen atoms in total. The molecule has 1 aliphatic carbocycles. The van der Waals surface area contributed by atoms with Crippen molar-refractivity contribution < 1.29 is 0 Å². The molecule has 0 N–H and O–H groups in total. The first-order chi connectivity index (χ1) is 31.9. The maximum absolute atomic E-state index is 2.71. The molecular formula is C65H73BN2. The summed E-state index contributed by atoms with van der Waals surface area (Å²) < 4.78 is 0. The van der Waals surface area contributed by atoms with Crippen LogP contribution in [0, 0.1) is 0 Å². The van der Waals surface area contributed by atoms with Crippen LogP contribution in [0.1, 0.15) is 156 Å². The summed E-state index contributed by atoms with van der Waals surface area (Å²) in [6.07, 6.45) is 2.33. The molecule has 0 fully saturated rings. The van der Waals surface area contributed by atoms with Crippen molar-refractivity contribution >= 4 is 57.2 Å². The molecule has 0 unspecified atom stereocenters. The lowest BCUT2D eigenvalue weighted by atomic mass is 9.33. The Balaban J connectivity index is 1.33. The number of benzene rings is 7. The summed E-state index contributed by atoms with van der Waals surface area (Å²) in [6, 6.07) is 54.8. The molecule has 0 saturated carbocycles. The number of anilines is 6. The van der Waals surface area contributed by atoms with Gasteiger partial charge in [-0.2, -0.15) is 0 Å². The summed E-state index contributed by atoms with van der Waals surface area (Å²) in [5, 5.41) is 0. The van der Waals surface area contributed by atoms with Crippen molar-refractivity contribution in [1.29, 1.82) is 0 Å². The van der Waals surface area contributed by atoms with E-state index in [0.717, 1.165) is 6.42 Å². The molecular weight excluding hydrogens is 820 g/mol. The van der Waals surface area contributed by atoms with Gasteiger partial charge in [-0.05, 0) is 161 Å². The minimum Gasteiger partial charge on any atom is -0.311 e. The first-order valence-corrected chi connectivity index (χ1v) is 25.4. The number of nitrogens with zero attached hydrogens (tertiary/aromatic N) is 2. The average molecular weight is 893 g/mol. The molecule has 0 atom stereocenters.